The van der Waals surface area contributed by atoms with Crippen LogP contribution in [0.2, 0.25) is 0 Å². The van der Waals surface area contributed by atoms with Crippen LogP contribution in [0.25, 0.3) is 0 Å². The Morgan fingerprint density at radius 2 is 2.00 bits per heavy atom. The fourth-order valence-electron chi connectivity index (χ4n) is 1.91. The molecular formula is C16H22N2O3. The van der Waals surface area contributed by atoms with Crippen molar-refractivity contribution in [3.8, 4) is 17.6 Å². The Kier molecular flexibility index (Phi) is 6.04. The van der Waals surface area contributed by atoms with Crippen LogP contribution < -0.4 is 9.47 Å². The second-order valence-electron chi connectivity index (χ2n) is 5.25. The van der Waals surface area contributed by atoms with Crippen LogP contribution in [0, 0.1) is 17.2 Å². The molecule has 114 valence electrons. The van der Waals surface area contributed by atoms with Crippen molar-refractivity contribution < 1.29 is 14.3 Å². The summed E-state index contributed by atoms with van der Waals surface area (Å²) in [6.07, 6.45) is 0.0274. The van der Waals surface area contributed by atoms with Gasteiger partial charge in [-0.3, -0.25) is 4.79 Å². The molecule has 1 unspecified atom stereocenters. The number of methoxy groups -OCH3 is 1. The topological polar surface area (TPSA) is 62.6 Å². The zero-order valence-electron chi connectivity index (χ0n) is 13.2. The molecule has 0 saturated carbocycles. The summed E-state index contributed by atoms with van der Waals surface area (Å²) in [7, 11) is 3.22. The molecule has 0 aliphatic heterocycles. The second kappa shape index (κ2) is 7.53. The van der Waals surface area contributed by atoms with E-state index in [0.29, 0.717) is 23.6 Å². The van der Waals surface area contributed by atoms with Gasteiger partial charge in [0, 0.05) is 19.2 Å². The number of nitrogens with zero attached hydrogens (tertiary/aromatic N) is 2. The number of ether oxygens (including phenoxy) is 2. The Morgan fingerprint density at radius 3 is 2.52 bits per heavy atom. The van der Waals surface area contributed by atoms with Crippen molar-refractivity contribution in [2.75, 3.05) is 20.7 Å². The van der Waals surface area contributed by atoms with Crippen molar-refractivity contribution >= 4 is 5.91 Å². The minimum absolute atomic E-state index is 0.0274. The first-order valence-corrected chi connectivity index (χ1v) is 6.88. The van der Waals surface area contributed by atoms with E-state index < -0.39 is 0 Å². The van der Waals surface area contributed by atoms with Gasteiger partial charge in [-0.15, -0.1) is 0 Å². The van der Waals surface area contributed by atoms with Crippen LogP contribution in [0.5, 0.6) is 11.5 Å². The van der Waals surface area contributed by atoms with Crippen molar-refractivity contribution in [2.45, 2.75) is 26.9 Å². The smallest absolute Gasteiger partial charge is 0.253 e. The third-order valence-corrected chi connectivity index (χ3v) is 2.89. The highest BCUT2D eigenvalue weighted by atomic mass is 16.5. The lowest BCUT2D eigenvalue weighted by Gasteiger charge is -2.19. The maximum absolute atomic E-state index is 12.3. The average molecular weight is 290 g/mol. The lowest BCUT2D eigenvalue weighted by molar-refractivity contribution is 0.0784. The summed E-state index contributed by atoms with van der Waals surface area (Å²) in [5.41, 5.74) is 0.510. The molecule has 0 spiro atoms. The molecule has 0 radical (unpaired) electrons. The number of rotatable bonds is 6. The number of benzene rings is 1. The molecule has 1 rings (SSSR count). The standard InChI is InChI=1S/C16H22N2O3/c1-11(2)21-14-7-6-13(8-15(14)20-5)16(19)18(4)10-12(3)9-17/h6-8,11-12H,10H2,1-5H3. The molecule has 0 aliphatic carbocycles. The lowest BCUT2D eigenvalue weighted by atomic mass is 10.1. The van der Waals surface area contributed by atoms with E-state index in [1.165, 1.54) is 12.0 Å². The molecule has 0 aliphatic rings. The molecule has 21 heavy (non-hydrogen) atoms. The van der Waals surface area contributed by atoms with Gasteiger partial charge >= 0.3 is 0 Å². The van der Waals surface area contributed by atoms with Crippen LogP contribution >= 0.6 is 0 Å². The summed E-state index contributed by atoms with van der Waals surface area (Å²) in [5, 5.41) is 8.81. The van der Waals surface area contributed by atoms with Crippen LogP contribution in [-0.2, 0) is 0 Å². The summed E-state index contributed by atoms with van der Waals surface area (Å²) >= 11 is 0. The number of carbonyl (C=O) groups is 1. The van der Waals surface area contributed by atoms with E-state index in [0.717, 1.165) is 0 Å². The number of amides is 1. The minimum Gasteiger partial charge on any atom is -0.493 e. The van der Waals surface area contributed by atoms with Crippen LogP contribution in [0.1, 0.15) is 31.1 Å². The Balaban J connectivity index is 2.93. The van der Waals surface area contributed by atoms with E-state index in [-0.39, 0.29) is 17.9 Å². The van der Waals surface area contributed by atoms with Gasteiger partial charge in [0.2, 0.25) is 0 Å². The molecule has 0 saturated heterocycles. The number of hydrogen-bond acceptors (Lipinski definition) is 4. The summed E-state index contributed by atoms with van der Waals surface area (Å²) in [6.45, 7) is 6.02. The SMILES string of the molecule is COc1cc(C(=O)N(C)CC(C)C#N)ccc1OC(C)C. The largest absolute Gasteiger partial charge is 0.493 e. The lowest BCUT2D eigenvalue weighted by Crippen LogP contribution is -2.30. The Morgan fingerprint density at radius 1 is 1.33 bits per heavy atom. The third kappa shape index (κ3) is 4.67. The van der Waals surface area contributed by atoms with E-state index in [2.05, 4.69) is 6.07 Å². The number of hydrogen-bond donors (Lipinski definition) is 0. The Bertz CT molecular complexity index is 535. The molecule has 1 aromatic carbocycles. The first-order valence-electron chi connectivity index (χ1n) is 6.88. The van der Waals surface area contributed by atoms with Gasteiger partial charge in [0.25, 0.3) is 5.91 Å². The van der Waals surface area contributed by atoms with Gasteiger partial charge in [-0.1, -0.05) is 0 Å². The van der Waals surface area contributed by atoms with Crippen molar-refractivity contribution in [2.24, 2.45) is 5.92 Å². The molecule has 1 amide bonds. The van der Waals surface area contributed by atoms with Crippen LogP contribution in [0.4, 0.5) is 0 Å². The fourth-order valence-corrected chi connectivity index (χ4v) is 1.91. The minimum atomic E-state index is -0.204. The zero-order valence-corrected chi connectivity index (χ0v) is 13.2. The monoisotopic (exact) mass is 290 g/mol. The molecule has 0 N–H and O–H groups in total. The summed E-state index contributed by atoms with van der Waals surface area (Å²) in [5.74, 6) is 0.782. The van der Waals surface area contributed by atoms with Crippen LogP contribution in [0.15, 0.2) is 18.2 Å². The molecule has 1 aromatic rings. The molecule has 5 heteroatoms. The van der Waals surface area contributed by atoms with E-state index in [9.17, 15) is 4.79 Å². The van der Waals surface area contributed by atoms with Crippen molar-refractivity contribution in [3.05, 3.63) is 23.8 Å². The number of nitriles is 1. The predicted octanol–water partition coefficient (Wildman–Crippen LogP) is 2.71. The highest BCUT2D eigenvalue weighted by molar-refractivity contribution is 5.94. The molecule has 0 bridgehead atoms. The average Bonchev–Trinajstić information content (AvgIpc) is 2.46. The molecule has 0 heterocycles. The maximum atomic E-state index is 12.3. The predicted molar refractivity (Wildman–Crippen MR) is 80.5 cm³/mol. The number of carbonyl (C=O) groups excluding carboxylic acids is 1. The van der Waals surface area contributed by atoms with Gasteiger partial charge in [-0.25, -0.2) is 0 Å². The quantitative estimate of drug-likeness (QED) is 0.808. The Hall–Kier alpha value is -2.22. The summed E-state index contributed by atoms with van der Waals surface area (Å²) in [4.78, 5) is 13.9. The summed E-state index contributed by atoms with van der Waals surface area (Å²) < 4.78 is 10.9. The maximum Gasteiger partial charge on any atom is 0.253 e. The van der Waals surface area contributed by atoms with E-state index >= 15 is 0 Å². The highest BCUT2D eigenvalue weighted by Crippen LogP contribution is 2.29. The van der Waals surface area contributed by atoms with Gasteiger partial charge in [0.1, 0.15) is 0 Å². The summed E-state index contributed by atoms with van der Waals surface area (Å²) in [6, 6.07) is 7.21. The van der Waals surface area contributed by atoms with E-state index in [4.69, 9.17) is 14.7 Å². The van der Waals surface area contributed by atoms with Crippen LogP contribution in [-0.4, -0.2) is 37.6 Å². The van der Waals surface area contributed by atoms with Gasteiger partial charge in [-0.05, 0) is 39.0 Å². The zero-order chi connectivity index (χ0) is 16.0. The molecule has 1 atom stereocenters. The van der Waals surface area contributed by atoms with Gasteiger partial charge < -0.3 is 14.4 Å². The van der Waals surface area contributed by atoms with E-state index in [1.807, 2.05) is 13.8 Å². The third-order valence-electron chi connectivity index (χ3n) is 2.89. The fraction of sp³-hybridized carbons (Fsp3) is 0.500. The van der Waals surface area contributed by atoms with Gasteiger partial charge in [0.05, 0.1) is 25.2 Å². The van der Waals surface area contributed by atoms with Crippen molar-refractivity contribution in [1.29, 1.82) is 5.26 Å². The first-order chi connectivity index (χ1) is 9.88. The molecule has 0 aromatic heterocycles. The van der Waals surface area contributed by atoms with Gasteiger partial charge in [0.15, 0.2) is 11.5 Å². The van der Waals surface area contributed by atoms with Crippen LogP contribution in [0.3, 0.4) is 0 Å². The molecule has 0 fully saturated rings. The van der Waals surface area contributed by atoms with Gasteiger partial charge in [-0.2, -0.15) is 5.26 Å². The van der Waals surface area contributed by atoms with Crippen molar-refractivity contribution in [1.82, 2.24) is 4.90 Å². The normalized spacial score (nSPS) is 11.7. The molecular weight excluding hydrogens is 268 g/mol. The second-order valence-corrected chi connectivity index (χ2v) is 5.25. The first kappa shape index (κ1) is 16.8. The molecule has 5 nitrogen and oxygen atoms in total. The van der Waals surface area contributed by atoms with E-state index in [1.54, 1.807) is 32.2 Å². The Labute approximate surface area is 126 Å². The highest BCUT2D eigenvalue weighted by Gasteiger charge is 2.17. The van der Waals surface area contributed by atoms with Crippen molar-refractivity contribution in [3.63, 3.8) is 0 Å².